The van der Waals surface area contributed by atoms with Crippen molar-refractivity contribution < 1.29 is 18.7 Å². The smallest absolute Gasteiger partial charge is 0.243 e. The lowest BCUT2D eigenvalue weighted by atomic mass is 10.2. The van der Waals surface area contributed by atoms with Crippen molar-refractivity contribution in [2.75, 3.05) is 31.4 Å². The summed E-state index contributed by atoms with van der Waals surface area (Å²) in [5.41, 5.74) is 1.22. The summed E-state index contributed by atoms with van der Waals surface area (Å²) in [6, 6.07) is 10.8. The Balaban J connectivity index is 1.94. The summed E-state index contributed by atoms with van der Waals surface area (Å²) in [5, 5.41) is 5.65. The van der Waals surface area contributed by atoms with Crippen LogP contribution in [0, 0.1) is 5.82 Å². The van der Waals surface area contributed by atoms with E-state index in [9.17, 15) is 9.18 Å². The van der Waals surface area contributed by atoms with Gasteiger partial charge in [-0.1, -0.05) is 0 Å². The highest BCUT2D eigenvalue weighted by Gasteiger charge is 2.07. The van der Waals surface area contributed by atoms with Gasteiger partial charge >= 0.3 is 0 Å². The van der Waals surface area contributed by atoms with Gasteiger partial charge in [-0.05, 0) is 36.4 Å². The zero-order valence-electron chi connectivity index (χ0n) is 12.4. The topological polar surface area (TPSA) is 59.6 Å². The number of ether oxygens (including phenoxy) is 2. The Hall–Kier alpha value is -2.76. The van der Waals surface area contributed by atoms with Gasteiger partial charge in [-0.3, -0.25) is 4.79 Å². The fourth-order valence-electron chi connectivity index (χ4n) is 1.86. The number of anilines is 2. The fraction of sp³-hybridized carbons (Fsp3) is 0.188. The van der Waals surface area contributed by atoms with Gasteiger partial charge in [0.05, 0.1) is 26.5 Å². The Bertz CT molecular complexity index is 644. The average Bonchev–Trinajstić information content (AvgIpc) is 2.55. The highest BCUT2D eigenvalue weighted by atomic mass is 19.1. The Morgan fingerprint density at radius 3 is 2.45 bits per heavy atom. The lowest BCUT2D eigenvalue weighted by Crippen LogP contribution is -2.21. The van der Waals surface area contributed by atoms with E-state index in [0.717, 1.165) is 0 Å². The molecule has 0 aliphatic heterocycles. The molecule has 0 aliphatic carbocycles. The zero-order valence-corrected chi connectivity index (χ0v) is 12.4. The quantitative estimate of drug-likeness (QED) is 0.861. The van der Waals surface area contributed by atoms with E-state index in [4.69, 9.17) is 9.47 Å². The first kappa shape index (κ1) is 15.6. The molecule has 0 saturated heterocycles. The van der Waals surface area contributed by atoms with Gasteiger partial charge in [-0.15, -0.1) is 0 Å². The van der Waals surface area contributed by atoms with Gasteiger partial charge in [-0.25, -0.2) is 4.39 Å². The standard InChI is InChI=1S/C16H17FN2O3/c1-21-13-7-8-14(15(9-13)22-2)18-10-16(20)19-12-5-3-11(17)4-6-12/h3-9,18H,10H2,1-2H3,(H,19,20). The number of halogens is 1. The van der Waals surface area contributed by atoms with E-state index >= 15 is 0 Å². The number of nitrogens with one attached hydrogen (secondary N) is 2. The molecule has 2 aromatic carbocycles. The molecule has 0 unspecified atom stereocenters. The average molecular weight is 304 g/mol. The zero-order chi connectivity index (χ0) is 15.9. The van der Waals surface area contributed by atoms with E-state index in [1.54, 1.807) is 32.4 Å². The number of carbonyl (C=O) groups excluding carboxylic acids is 1. The van der Waals surface area contributed by atoms with Crippen molar-refractivity contribution >= 4 is 17.3 Å². The van der Waals surface area contributed by atoms with Crippen LogP contribution in [0.2, 0.25) is 0 Å². The molecule has 2 N–H and O–H groups in total. The Morgan fingerprint density at radius 2 is 1.82 bits per heavy atom. The Morgan fingerprint density at radius 1 is 1.09 bits per heavy atom. The molecule has 116 valence electrons. The molecule has 0 saturated carbocycles. The molecular formula is C16H17FN2O3. The van der Waals surface area contributed by atoms with E-state index in [0.29, 0.717) is 22.9 Å². The minimum absolute atomic E-state index is 0.0556. The van der Waals surface area contributed by atoms with Crippen molar-refractivity contribution in [3.05, 3.63) is 48.3 Å². The lowest BCUT2D eigenvalue weighted by molar-refractivity contribution is -0.114. The highest BCUT2D eigenvalue weighted by Crippen LogP contribution is 2.28. The molecule has 0 aromatic heterocycles. The normalized spacial score (nSPS) is 9.95. The first-order valence-corrected chi connectivity index (χ1v) is 6.63. The number of hydrogen-bond acceptors (Lipinski definition) is 4. The number of hydrogen-bond donors (Lipinski definition) is 2. The van der Waals surface area contributed by atoms with Gasteiger partial charge in [-0.2, -0.15) is 0 Å². The summed E-state index contributed by atoms with van der Waals surface area (Å²) in [5.74, 6) is 0.649. The molecule has 0 bridgehead atoms. The molecule has 0 fully saturated rings. The predicted octanol–water partition coefficient (Wildman–Crippen LogP) is 2.89. The van der Waals surface area contributed by atoms with E-state index in [1.165, 1.54) is 24.3 Å². The van der Waals surface area contributed by atoms with Crippen LogP contribution >= 0.6 is 0 Å². The van der Waals surface area contributed by atoms with Gasteiger partial charge < -0.3 is 20.1 Å². The first-order chi connectivity index (χ1) is 10.6. The summed E-state index contributed by atoms with van der Waals surface area (Å²) in [4.78, 5) is 11.9. The van der Waals surface area contributed by atoms with E-state index in [1.807, 2.05) is 0 Å². The van der Waals surface area contributed by atoms with Crippen LogP contribution < -0.4 is 20.1 Å². The second-order valence-corrected chi connectivity index (χ2v) is 4.47. The molecule has 5 nitrogen and oxygen atoms in total. The summed E-state index contributed by atoms with van der Waals surface area (Å²) in [7, 11) is 3.11. The van der Waals surface area contributed by atoms with E-state index in [-0.39, 0.29) is 18.3 Å². The minimum atomic E-state index is -0.348. The molecule has 0 atom stereocenters. The largest absolute Gasteiger partial charge is 0.497 e. The van der Waals surface area contributed by atoms with Crippen LogP contribution in [-0.4, -0.2) is 26.7 Å². The molecule has 2 rings (SSSR count). The third kappa shape index (κ3) is 4.12. The van der Waals surface area contributed by atoms with Gasteiger partial charge in [0.25, 0.3) is 0 Å². The van der Waals surface area contributed by atoms with E-state index in [2.05, 4.69) is 10.6 Å². The van der Waals surface area contributed by atoms with Crippen LogP contribution in [0.25, 0.3) is 0 Å². The molecular weight excluding hydrogens is 287 g/mol. The molecule has 0 heterocycles. The fourth-order valence-corrected chi connectivity index (χ4v) is 1.86. The summed E-state index contributed by atoms with van der Waals surface area (Å²) in [6.45, 7) is 0.0556. The maximum atomic E-state index is 12.8. The van der Waals surface area contributed by atoms with Crippen LogP contribution in [0.1, 0.15) is 0 Å². The van der Waals surface area contributed by atoms with Crippen LogP contribution in [0.4, 0.5) is 15.8 Å². The van der Waals surface area contributed by atoms with Crippen LogP contribution in [-0.2, 0) is 4.79 Å². The third-order valence-electron chi connectivity index (χ3n) is 2.98. The predicted molar refractivity (Wildman–Crippen MR) is 83.1 cm³/mol. The molecule has 0 aliphatic rings. The molecule has 1 amide bonds. The van der Waals surface area contributed by atoms with Gasteiger partial charge in [0.1, 0.15) is 17.3 Å². The number of rotatable bonds is 6. The number of methoxy groups -OCH3 is 2. The third-order valence-corrected chi connectivity index (χ3v) is 2.98. The first-order valence-electron chi connectivity index (χ1n) is 6.63. The van der Waals surface area contributed by atoms with Crippen molar-refractivity contribution in [3.8, 4) is 11.5 Å². The maximum Gasteiger partial charge on any atom is 0.243 e. The second-order valence-electron chi connectivity index (χ2n) is 4.47. The SMILES string of the molecule is COc1ccc(NCC(=O)Nc2ccc(F)cc2)c(OC)c1. The number of amides is 1. The Labute approximate surface area is 128 Å². The number of benzene rings is 2. The van der Waals surface area contributed by atoms with Crippen molar-refractivity contribution in [2.45, 2.75) is 0 Å². The van der Waals surface area contributed by atoms with Crippen molar-refractivity contribution in [2.24, 2.45) is 0 Å². The van der Waals surface area contributed by atoms with Gasteiger partial charge in [0.15, 0.2) is 0 Å². The maximum absolute atomic E-state index is 12.8. The highest BCUT2D eigenvalue weighted by molar-refractivity contribution is 5.93. The molecule has 6 heteroatoms. The molecule has 22 heavy (non-hydrogen) atoms. The second kappa shape index (κ2) is 7.31. The summed E-state index contributed by atoms with van der Waals surface area (Å²) >= 11 is 0. The van der Waals surface area contributed by atoms with Gasteiger partial charge in [0, 0.05) is 11.8 Å². The van der Waals surface area contributed by atoms with Gasteiger partial charge in [0.2, 0.25) is 5.91 Å². The number of carbonyl (C=O) groups is 1. The summed E-state index contributed by atoms with van der Waals surface area (Å²) < 4.78 is 23.1. The van der Waals surface area contributed by atoms with Crippen LogP contribution in [0.3, 0.4) is 0 Å². The molecule has 0 spiro atoms. The summed E-state index contributed by atoms with van der Waals surface area (Å²) in [6.07, 6.45) is 0. The Kier molecular flexibility index (Phi) is 5.19. The minimum Gasteiger partial charge on any atom is -0.497 e. The van der Waals surface area contributed by atoms with E-state index < -0.39 is 0 Å². The monoisotopic (exact) mass is 304 g/mol. The lowest BCUT2D eigenvalue weighted by Gasteiger charge is -2.12. The van der Waals surface area contributed by atoms with Crippen LogP contribution in [0.5, 0.6) is 11.5 Å². The van der Waals surface area contributed by atoms with Crippen molar-refractivity contribution in [1.82, 2.24) is 0 Å². The molecule has 0 radical (unpaired) electrons. The van der Waals surface area contributed by atoms with Crippen molar-refractivity contribution in [1.29, 1.82) is 0 Å². The van der Waals surface area contributed by atoms with Crippen molar-refractivity contribution in [3.63, 3.8) is 0 Å². The van der Waals surface area contributed by atoms with Crippen LogP contribution in [0.15, 0.2) is 42.5 Å². The molecule has 2 aromatic rings.